The highest BCUT2D eigenvalue weighted by Crippen LogP contribution is 2.29. The summed E-state index contributed by atoms with van der Waals surface area (Å²) in [6.07, 6.45) is 4.49. The minimum Gasteiger partial charge on any atom is -0.382 e. The number of aliphatic imine (C=N–C) groups is 1. The van der Waals surface area contributed by atoms with Gasteiger partial charge in [0.25, 0.3) is 0 Å². The van der Waals surface area contributed by atoms with Gasteiger partial charge in [0.1, 0.15) is 35.7 Å². The van der Waals surface area contributed by atoms with Crippen LogP contribution in [0.3, 0.4) is 0 Å². The van der Waals surface area contributed by atoms with Gasteiger partial charge in [0.15, 0.2) is 0 Å². The molecule has 0 spiro atoms. The summed E-state index contributed by atoms with van der Waals surface area (Å²) in [6.45, 7) is 2.85. The number of anilines is 1. The van der Waals surface area contributed by atoms with E-state index in [1.54, 1.807) is 18.3 Å². The van der Waals surface area contributed by atoms with Crippen molar-refractivity contribution in [1.29, 1.82) is 0 Å². The molecule has 0 radical (unpaired) electrons. The van der Waals surface area contributed by atoms with Crippen LogP contribution in [0.5, 0.6) is 0 Å². The lowest BCUT2D eigenvalue weighted by atomic mass is 9.92. The highest BCUT2D eigenvalue weighted by molar-refractivity contribution is 5.81. The Balaban J connectivity index is 1.22. The van der Waals surface area contributed by atoms with Gasteiger partial charge < -0.3 is 10.0 Å². The second-order valence-electron chi connectivity index (χ2n) is 9.34. The van der Waals surface area contributed by atoms with Gasteiger partial charge in [0.2, 0.25) is 0 Å². The number of hydrogen-bond acceptors (Lipinski definition) is 6. The Morgan fingerprint density at radius 2 is 1.58 bits per heavy atom. The molecular weight excluding hydrogens is 493 g/mol. The largest absolute Gasteiger partial charge is 0.382 e. The van der Waals surface area contributed by atoms with E-state index in [9.17, 15) is 18.3 Å². The van der Waals surface area contributed by atoms with Crippen LogP contribution in [-0.2, 0) is 12.1 Å². The Morgan fingerprint density at radius 3 is 2.24 bits per heavy atom. The van der Waals surface area contributed by atoms with Crippen LogP contribution >= 0.6 is 0 Å². The van der Waals surface area contributed by atoms with Crippen molar-refractivity contribution in [2.45, 2.75) is 12.1 Å². The molecule has 1 fully saturated rings. The maximum atomic E-state index is 14.7. The summed E-state index contributed by atoms with van der Waals surface area (Å²) in [5.41, 5.74) is 1.05. The summed E-state index contributed by atoms with van der Waals surface area (Å²) in [5, 5.41) is 15.7. The number of nitrogens with zero attached hydrogens (tertiary/aromatic N) is 6. The van der Waals surface area contributed by atoms with Gasteiger partial charge in [-0.3, -0.25) is 9.89 Å². The van der Waals surface area contributed by atoms with Crippen LogP contribution in [0, 0.1) is 17.5 Å². The normalized spacial score (nSPS) is 16.2. The lowest BCUT2D eigenvalue weighted by Crippen LogP contribution is -2.52. The molecule has 1 saturated heterocycles. The number of aromatic nitrogens is 3. The minimum atomic E-state index is -1.63. The molecule has 1 atom stereocenters. The molecule has 196 valence electrons. The van der Waals surface area contributed by atoms with Gasteiger partial charge in [-0.25, -0.2) is 22.8 Å². The van der Waals surface area contributed by atoms with Crippen molar-refractivity contribution in [2.75, 3.05) is 37.6 Å². The van der Waals surface area contributed by atoms with Crippen molar-refractivity contribution in [3.05, 3.63) is 108 Å². The first kappa shape index (κ1) is 25.6. The molecule has 3 aromatic carbocycles. The average Bonchev–Trinajstić information content (AvgIpc) is 3.42. The molecule has 1 aromatic heterocycles. The zero-order valence-corrected chi connectivity index (χ0v) is 20.6. The molecule has 0 aliphatic carbocycles. The van der Waals surface area contributed by atoms with Crippen molar-refractivity contribution >= 4 is 17.6 Å². The van der Waals surface area contributed by atoms with E-state index in [2.05, 4.69) is 24.9 Å². The Labute approximate surface area is 218 Å². The van der Waals surface area contributed by atoms with Crippen molar-refractivity contribution in [3.63, 3.8) is 0 Å². The maximum Gasteiger partial charge on any atom is 0.137 e. The predicted molar refractivity (Wildman–Crippen MR) is 139 cm³/mol. The van der Waals surface area contributed by atoms with E-state index in [1.165, 1.54) is 35.5 Å². The molecule has 0 bridgehead atoms. The monoisotopic (exact) mass is 520 g/mol. The number of hydrogen-bond donors (Lipinski definition) is 1. The van der Waals surface area contributed by atoms with E-state index < -0.39 is 17.2 Å². The van der Waals surface area contributed by atoms with Crippen LogP contribution in [0.25, 0.3) is 0 Å². The molecule has 0 saturated carbocycles. The van der Waals surface area contributed by atoms with Gasteiger partial charge in [0, 0.05) is 56.3 Å². The van der Waals surface area contributed by atoms with E-state index in [-0.39, 0.29) is 24.5 Å². The van der Waals surface area contributed by atoms with E-state index >= 15 is 0 Å². The molecule has 38 heavy (non-hydrogen) atoms. The van der Waals surface area contributed by atoms with Crippen molar-refractivity contribution < 1.29 is 18.3 Å². The number of rotatable bonds is 8. The standard InChI is InChI=1S/C28H27F3N6O/c29-22-3-1-21(2-4-22)16-33-24-6-8-25(9-7-24)36-13-11-35(12-14-36)17-28(38,18-37-20-32-19-34-37)26-10-5-23(30)15-27(26)31/h1-10,15-16,19-20,38H,11-14,17-18H2. The third-order valence-electron chi connectivity index (χ3n) is 6.63. The zero-order chi connectivity index (χ0) is 26.5. The summed E-state index contributed by atoms with van der Waals surface area (Å²) in [4.78, 5) is 12.7. The van der Waals surface area contributed by atoms with E-state index in [4.69, 9.17) is 0 Å². The van der Waals surface area contributed by atoms with Gasteiger partial charge in [-0.1, -0.05) is 18.2 Å². The minimum absolute atomic E-state index is 0.0182. The smallest absolute Gasteiger partial charge is 0.137 e. The van der Waals surface area contributed by atoms with Gasteiger partial charge in [-0.2, -0.15) is 5.10 Å². The molecule has 2 heterocycles. The molecule has 10 heteroatoms. The summed E-state index contributed by atoms with van der Waals surface area (Å²) >= 11 is 0. The van der Waals surface area contributed by atoms with Gasteiger partial charge in [-0.05, 0) is 48.0 Å². The van der Waals surface area contributed by atoms with Crippen LogP contribution in [0.1, 0.15) is 11.1 Å². The Kier molecular flexibility index (Phi) is 7.52. The lowest BCUT2D eigenvalue weighted by Gasteiger charge is -2.40. The highest BCUT2D eigenvalue weighted by Gasteiger charge is 2.36. The Hall–Kier alpha value is -4.02. The van der Waals surface area contributed by atoms with Crippen molar-refractivity contribution in [3.8, 4) is 0 Å². The third-order valence-corrected chi connectivity index (χ3v) is 6.63. The van der Waals surface area contributed by atoms with Crippen molar-refractivity contribution in [1.82, 2.24) is 19.7 Å². The molecule has 1 aliphatic rings. The summed E-state index contributed by atoms with van der Waals surface area (Å²) in [6, 6.07) is 17.2. The number of halogens is 3. The molecule has 1 N–H and O–H groups in total. The number of benzene rings is 3. The maximum absolute atomic E-state index is 14.7. The quantitative estimate of drug-likeness (QED) is 0.354. The first-order valence-electron chi connectivity index (χ1n) is 12.3. The second-order valence-corrected chi connectivity index (χ2v) is 9.34. The van der Waals surface area contributed by atoms with E-state index in [0.717, 1.165) is 29.1 Å². The molecule has 1 aliphatic heterocycles. The van der Waals surface area contributed by atoms with Gasteiger partial charge in [0.05, 0.1) is 12.2 Å². The summed E-state index contributed by atoms with van der Waals surface area (Å²) < 4.78 is 42.8. The first-order chi connectivity index (χ1) is 18.4. The molecule has 0 amide bonds. The van der Waals surface area contributed by atoms with Gasteiger partial charge >= 0.3 is 0 Å². The topological polar surface area (TPSA) is 69.8 Å². The summed E-state index contributed by atoms with van der Waals surface area (Å²) in [7, 11) is 0. The second kappa shape index (κ2) is 11.2. The van der Waals surface area contributed by atoms with E-state index in [1.807, 2.05) is 24.3 Å². The Bertz CT molecular complexity index is 1370. The zero-order valence-electron chi connectivity index (χ0n) is 20.6. The highest BCUT2D eigenvalue weighted by atomic mass is 19.1. The molecule has 1 unspecified atom stereocenters. The SMILES string of the molecule is OC(CN1CCN(c2ccc(N=Cc3ccc(F)cc3)cc2)CC1)(Cn1cncn1)c1ccc(F)cc1F. The van der Waals surface area contributed by atoms with Crippen LogP contribution in [0.4, 0.5) is 24.5 Å². The third kappa shape index (κ3) is 6.09. The van der Waals surface area contributed by atoms with Crippen LogP contribution in [0.2, 0.25) is 0 Å². The molecular formula is C28H27F3N6O. The lowest BCUT2D eigenvalue weighted by molar-refractivity contribution is -0.0227. The molecule has 5 rings (SSSR count). The fraction of sp³-hybridized carbons (Fsp3) is 0.250. The van der Waals surface area contributed by atoms with Crippen LogP contribution < -0.4 is 4.90 Å². The van der Waals surface area contributed by atoms with Crippen molar-refractivity contribution in [2.24, 2.45) is 4.99 Å². The Morgan fingerprint density at radius 1 is 0.868 bits per heavy atom. The van der Waals surface area contributed by atoms with E-state index in [0.29, 0.717) is 26.2 Å². The van der Waals surface area contributed by atoms with Crippen LogP contribution in [0.15, 0.2) is 84.4 Å². The number of piperazine rings is 1. The average molecular weight is 521 g/mol. The fourth-order valence-electron chi connectivity index (χ4n) is 4.65. The summed E-state index contributed by atoms with van der Waals surface area (Å²) in [5.74, 6) is -1.78. The predicted octanol–water partition coefficient (Wildman–Crippen LogP) is 4.16. The number of β-amino-alcohol motifs (C(OH)–C–C–N with tert-alkyl or cyclic N) is 1. The first-order valence-corrected chi connectivity index (χ1v) is 12.3. The van der Waals surface area contributed by atoms with Crippen LogP contribution in [-0.4, -0.2) is 63.7 Å². The molecule has 4 aromatic rings. The number of aliphatic hydroxyl groups is 1. The van der Waals surface area contributed by atoms with Gasteiger partial charge in [-0.15, -0.1) is 0 Å². The fourth-order valence-corrected chi connectivity index (χ4v) is 4.65. The molecule has 7 nitrogen and oxygen atoms in total.